The zero-order valence-electron chi connectivity index (χ0n) is 11.0. The molecular formula is C16H17ClN2. The van der Waals surface area contributed by atoms with Gasteiger partial charge in [0.1, 0.15) is 0 Å². The SMILES string of the molecule is CNc1c2c(nc3ccc(Cl)cc13)C1CCC2CC1. The third-order valence-corrected chi connectivity index (χ3v) is 5.02. The molecule has 3 heteroatoms. The Labute approximate surface area is 118 Å². The van der Waals surface area contributed by atoms with E-state index in [9.17, 15) is 0 Å². The third-order valence-electron chi connectivity index (χ3n) is 4.79. The number of pyridine rings is 1. The van der Waals surface area contributed by atoms with Crippen molar-refractivity contribution in [1.29, 1.82) is 0 Å². The summed E-state index contributed by atoms with van der Waals surface area (Å²) in [6, 6.07) is 6.02. The Morgan fingerprint density at radius 3 is 2.63 bits per heavy atom. The molecule has 3 aliphatic rings. The van der Waals surface area contributed by atoms with Crippen molar-refractivity contribution in [3.05, 3.63) is 34.5 Å². The zero-order chi connectivity index (χ0) is 13.0. The Bertz CT molecular complexity index is 657. The summed E-state index contributed by atoms with van der Waals surface area (Å²) in [6.07, 6.45) is 5.26. The van der Waals surface area contributed by atoms with Crippen LogP contribution in [0.1, 0.15) is 48.8 Å². The highest BCUT2D eigenvalue weighted by atomic mass is 35.5. The lowest BCUT2D eigenvalue weighted by Crippen LogP contribution is -2.24. The minimum atomic E-state index is 0.673. The van der Waals surface area contributed by atoms with Gasteiger partial charge in [0.25, 0.3) is 0 Å². The van der Waals surface area contributed by atoms with E-state index >= 15 is 0 Å². The van der Waals surface area contributed by atoms with Crippen LogP contribution in [0.15, 0.2) is 18.2 Å². The van der Waals surface area contributed by atoms with Gasteiger partial charge in [0, 0.05) is 40.3 Å². The van der Waals surface area contributed by atoms with Crippen LogP contribution in [0, 0.1) is 0 Å². The van der Waals surface area contributed by atoms with Crippen LogP contribution in [0.5, 0.6) is 0 Å². The van der Waals surface area contributed by atoms with Gasteiger partial charge >= 0.3 is 0 Å². The van der Waals surface area contributed by atoms with Gasteiger partial charge in [-0.1, -0.05) is 11.6 Å². The lowest BCUT2D eigenvalue weighted by Gasteiger charge is -2.38. The summed E-state index contributed by atoms with van der Waals surface area (Å²) in [5.41, 5.74) is 5.15. The summed E-state index contributed by atoms with van der Waals surface area (Å²) in [6.45, 7) is 0. The van der Waals surface area contributed by atoms with Crippen molar-refractivity contribution in [2.45, 2.75) is 37.5 Å². The monoisotopic (exact) mass is 272 g/mol. The first-order valence-corrected chi connectivity index (χ1v) is 7.46. The number of nitrogens with one attached hydrogen (secondary N) is 1. The molecule has 0 aliphatic heterocycles. The summed E-state index contributed by atoms with van der Waals surface area (Å²) in [7, 11) is 2.01. The summed E-state index contributed by atoms with van der Waals surface area (Å²) < 4.78 is 0. The highest BCUT2D eigenvalue weighted by Crippen LogP contribution is 2.52. The number of aromatic nitrogens is 1. The second-order valence-electron chi connectivity index (χ2n) is 5.75. The zero-order valence-corrected chi connectivity index (χ0v) is 11.8. The molecule has 0 spiro atoms. The maximum Gasteiger partial charge on any atom is 0.0727 e. The first-order chi connectivity index (χ1) is 9.28. The molecule has 0 saturated heterocycles. The number of fused-ring (bicyclic) bond motifs is 3. The molecule has 1 N–H and O–H groups in total. The maximum absolute atomic E-state index is 6.15. The second-order valence-corrected chi connectivity index (χ2v) is 6.18. The van der Waals surface area contributed by atoms with E-state index in [2.05, 4.69) is 5.32 Å². The smallest absolute Gasteiger partial charge is 0.0727 e. The normalized spacial score (nSPS) is 24.5. The molecule has 1 heterocycles. The fourth-order valence-corrected chi connectivity index (χ4v) is 4.09. The first kappa shape index (κ1) is 11.5. The van der Waals surface area contributed by atoms with Gasteiger partial charge in [-0.2, -0.15) is 0 Å². The number of hydrogen-bond acceptors (Lipinski definition) is 2. The van der Waals surface area contributed by atoms with Crippen LogP contribution < -0.4 is 5.32 Å². The molecule has 1 saturated carbocycles. The molecule has 0 atom stereocenters. The van der Waals surface area contributed by atoms with E-state index in [1.54, 1.807) is 0 Å². The highest BCUT2D eigenvalue weighted by Gasteiger charge is 2.36. The summed E-state index contributed by atoms with van der Waals surface area (Å²) in [5.74, 6) is 1.37. The number of nitrogens with zero attached hydrogens (tertiary/aromatic N) is 1. The van der Waals surface area contributed by atoms with Crippen LogP contribution in [0.2, 0.25) is 5.02 Å². The maximum atomic E-state index is 6.15. The van der Waals surface area contributed by atoms with Crippen molar-refractivity contribution in [1.82, 2.24) is 4.98 Å². The molecule has 0 unspecified atom stereocenters. The summed E-state index contributed by atoms with van der Waals surface area (Å²) in [4.78, 5) is 4.95. The number of rotatable bonds is 1. The Morgan fingerprint density at radius 1 is 1.16 bits per heavy atom. The van der Waals surface area contributed by atoms with Gasteiger partial charge in [0.2, 0.25) is 0 Å². The minimum absolute atomic E-state index is 0.673. The number of halogens is 1. The van der Waals surface area contributed by atoms with Crippen LogP contribution in [-0.4, -0.2) is 12.0 Å². The number of hydrogen-bond donors (Lipinski definition) is 1. The lowest BCUT2D eigenvalue weighted by molar-refractivity contribution is 0.353. The van der Waals surface area contributed by atoms with Crippen LogP contribution in [-0.2, 0) is 0 Å². The molecule has 2 bridgehead atoms. The first-order valence-electron chi connectivity index (χ1n) is 7.08. The standard InChI is InChI=1S/C16H17ClN2/c1-18-16-12-8-11(17)6-7-13(12)19-15-10-4-2-9(3-5-10)14(15)16/h6-10H,2-5H2,1H3,(H,18,19). The Morgan fingerprint density at radius 2 is 1.89 bits per heavy atom. The van der Waals surface area contributed by atoms with Crippen molar-refractivity contribution in [3.63, 3.8) is 0 Å². The summed E-state index contributed by atoms with van der Waals surface area (Å²) >= 11 is 6.15. The number of anilines is 1. The molecule has 2 aromatic rings. The molecule has 1 aromatic heterocycles. The van der Waals surface area contributed by atoms with Crippen LogP contribution in [0.25, 0.3) is 10.9 Å². The van der Waals surface area contributed by atoms with Crippen LogP contribution in [0.3, 0.4) is 0 Å². The Hall–Kier alpha value is -1.28. The molecule has 1 fully saturated rings. The van der Waals surface area contributed by atoms with Gasteiger partial charge in [-0.05, 0) is 49.8 Å². The van der Waals surface area contributed by atoms with E-state index in [-0.39, 0.29) is 0 Å². The Kier molecular flexibility index (Phi) is 2.49. The van der Waals surface area contributed by atoms with Crippen molar-refractivity contribution in [3.8, 4) is 0 Å². The second kappa shape index (κ2) is 4.11. The van der Waals surface area contributed by atoms with Crippen LogP contribution in [0.4, 0.5) is 5.69 Å². The Balaban J connectivity index is 2.09. The average Bonchev–Trinajstić information content (AvgIpc) is 2.46. The van der Waals surface area contributed by atoms with Gasteiger partial charge in [-0.15, -0.1) is 0 Å². The van der Waals surface area contributed by atoms with E-state index in [0.717, 1.165) is 10.5 Å². The molecular weight excluding hydrogens is 256 g/mol. The van der Waals surface area contributed by atoms with E-state index < -0.39 is 0 Å². The van der Waals surface area contributed by atoms with Crippen molar-refractivity contribution in [2.24, 2.45) is 0 Å². The highest BCUT2D eigenvalue weighted by molar-refractivity contribution is 6.31. The van der Waals surface area contributed by atoms with Crippen molar-refractivity contribution >= 4 is 28.2 Å². The van der Waals surface area contributed by atoms with Crippen LogP contribution >= 0.6 is 11.6 Å². The molecule has 0 radical (unpaired) electrons. The van der Waals surface area contributed by atoms with Gasteiger partial charge in [-0.3, -0.25) is 4.98 Å². The molecule has 0 amide bonds. The third kappa shape index (κ3) is 1.59. The molecule has 3 aliphatic carbocycles. The quantitative estimate of drug-likeness (QED) is 0.815. The van der Waals surface area contributed by atoms with Crippen molar-refractivity contribution < 1.29 is 0 Å². The fourth-order valence-electron chi connectivity index (χ4n) is 3.92. The predicted octanol–water partition coefficient (Wildman–Crippen LogP) is 4.68. The number of benzene rings is 1. The van der Waals surface area contributed by atoms with Gasteiger partial charge in [-0.25, -0.2) is 0 Å². The fraction of sp³-hybridized carbons (Fsp3) is 0.438. The van der Waals surface area contributed by atoms with Gasteiger partial charge < -0.3 is 5.32 Å². The largest absolute Gasteiger partial charge is 0.387 e. The molecule has 2 nitrogen and oxygen atoms in total. The van der Waals surface area contributed by atoms with E-state index in [0.29, 0.717) is 11.8 Å². The topological polar surface area (TPSA) is 24.9 Å². The summed E-state index contributed by atoms with van der Waals surface area (Å²) in [5, 5.41) is 5.36. The average molecular weight is 273 g/mol. The molecule has 98 valence electrons. The molecule has 1 aromatic carbocycles. The van der Waals surface area contributed by atoms with Gasteiger partial charge in [0.15, 0.2) is 0 Å². The minimum Gasteiger partial charge on any atom is -0.387 e. The van der Waals surface area contributed by atoms with E-state index in [1.807, 2.05) is 25.2 Å². The van der Waals surface area contributed by atoms with E-state index in [4.69, 9.17) is 16.6 Å². The molecule has 19 heavy (non-hydrogen) atoms. The lowest BCUT2D eigenvalue weighted by atomic mass is 9.68. The predicted molar refractivity (Wildman–Crippen MR) is 80.2 cm³/mol. The van der Waals surface area contributed by atoms with E-state index in [1.165, 1.54) is 48.0 Å². The van der Waals surface area contributed by atoms with Gasteiger partial charge in [0.05, 0.1) is 5.52 Å². The van der Waals surface area contributed by atoms with Crippen molar-refractivity contribution in [2.75, 3.05) is 12.4 Å². The molecule has 5 rings (SSSR count).